The van der Waals surface area contributed by atoms with Crippen LogP contribution in [0, 0.1) is 0 Å². The molecule has 2 N–H and O–H groups in total. The van der Waals surface area contributed by atoms with E-state index in [-0.39, 0.29) is 11.5 Å². The first kappa shape index (κ1) is 15.1. The zero-order valence-electron chi connectivity index (χ0n) is 13.4. The summed E-state index contributed by atoms with van der Waals surface area (Å²) >= 11 is 0. The highest BCUT2D eigenvalue weighted by molar-refractivity contribution is 5.88. The minimum Gasteiger partial charge on any atom is -0.504 e. The molecule has 6 heteroatoms. The lowest BCUT2D eigenvalue weighted by Gasteiger charge is -2.36. The molecule has 2 aromatic rings. The number of rotatable bonds is 4. The summed E-state index contributed by atoms with van der Waals surface area (Å²) in [4.78, 5) is 0. The van der Waals surface area contributed by atoms with Crippen molar-refractivity contribution in [2.45, 2.75) is 26.4 Å². The molecule has 0 aliphatic carbocycles. The lowest BCUT2D eigenvalue weighted by atomic mass is 9.88. The van der Waals surface area contributed by atoms with Gasteiger partial charge in [0.1, 0.15) is 0 Å². The topological polar surface area (TPSA) is 77.4 Å². The second kappa shape index (κ2) is 5.58. The summed E-state index contributed by atoms with van der Waals surface area (Å²) in [6.45, 7) is 4.62. The van der Waals surface area contributed by atoms with Crippen molar-refractivity contribution < 1.29 is 29.2 Å². The Balaban J connectivity index is 2.01. The Morgan fingerprint density at radius 2 is 1.21 bits per heavy atom. The minimum absolute atomic E-state index is 0.00976. The molecule has 0 amide bonds. The van der Waals surface area contributed by atoms with Gasteiger partial charge in [-0.3, -0.25) is 0 Å². The predicted octanol–water partition coefficient (Wildman–Crippen LogP) is 3.62. The summed E-state index contributed by atoms with van der Waals surface area (Å²) in [5.74, 6) is 0.655. The maximum absolute atomic E-state index is 10.3. The molecule has 2 aliphatic heterocycles. The van der Waals surface area contributed by atoms with Crippen LogP contribution in [-0.2, 0) is 9.47 Å². The maximum atomic E-state index is 10.3. The van der Waals surface area contributed by atoms with Crippen molar-refractivity contribution in [2.75, 3.05) is 13.2 Å². The lowest BCUT2D eigenvalue weighted by molar-refractivity contribution is -0.0914. The zero-order valence-corrected chi connectivity index (χ0v) is 13.4. The first-order chi connectivity index (χ1) is 11.7. The van der Waals surface area contributed by atoms with Crippen LogP contribution in [0.2, 0.25) is 0 Å². The van der Waals surface area contributed by atoms with E-state index in [1.807, 2.05) is 13.8 Å². The summed E-state index contributed by atoms with van der Waals surface area (Å²) in [7, 11) is 0. The second-order valence-electron chi connectivity index (χ2n) is 5.57. The van der Waals surface area contributed by atoms with Gasteiger partial charge in [-0.2, -0.15) is 0 Å². The van der Waals surface area contributed by atoms with Gasteiger partial charge in [-0.15, -0.1) is 0 Å². The van der Waals surface area contributed by atoms with Gasteiger partial charge in [0.25, 0.3) is 0 Å². The predicted molar refractivity (Wildman–Crippen MR) is 85.2 cm³/mol. The number of phenolic OH excluding ortho intramolecular Hbond substituents is 2. The molecule has 0 bridgehead atoms. The summed E-state index contributed by atoms with van der Waals surface area (Å²) in [5.41, 5.74) is 2.85. The molecule has 0 radical (unpaired) electrons. The largest absolute Gasteiger partial charge is 0.504 e. The number of hydrogen-bond donors (Lipinski definition) is 2. The van der Waals surface area contributed by atoms with Gasteiger partial charge in [-0.05, 0) is 38.1 Å². The average Bonchev–Trinajstić information content (AvgIpc) is 2.58. The van der Waals surface area contributed by atoms with E-state index in [4.69, 9.17) is 18.9 Å². The molecule has 0 fully saturated rings. The fraction of sp³-hybridized carbons (Fsp3) is 0.333. The van der Waals surface area contributed by atoms with Gasteiger partial charge in [0.15, 0.2) is 23.0 Å². The standard InChI is InChI=1S/C18H18O6/c1-3-21-17-9-5-7-12(20)16-13(9)14-10(18(24-16)22-4-2)6-8-11(19)15(14)23-17/h5-8,17-20H,3-4H2,1-2H3/t17-,18-/m1/s1. The Morgan fingerprint density at radius 3 is 1.58 bits per heavy atom. The van der Waals surface area contributed by atoms with E-state index in [1.165, 1.54) is 0 Å². The molecule has 2 atom stereocenters. The van der Waals surface area contributed by atoms with Crippen LogP contribution in [0.25, 0.3) is 11.1 Å². The van der Waals surface area contributed by atoms with E-state index in [9.17, 15) is 10.2 Å². The van der Waals surface area contributed by atoms with Crippen LogP contribution < -0.4 is 9.47 Å². The Hall–Kier alpha value is -2.44. The number of aromatic hydroxyl groups is 2. The molecule has 0 spiro atoms. The summed E-state index contributed by atoms with van der Waals surface area (Å²) in [6, 6.07) is 6.59. The highest BCUT2D eigenvalue weighted by Crippen LogP contribution is 2.58. The fourth-order valence-electron chi connectivity index (χ4n) is 3.21. The van der Waals surface area contributed by atoms with E-state index in [2.05, 4.69) is 0 Å². The number of phenols is 2. The molecule has 126 valence electrons. The first-order valence-corrected chi connectivity index (χ1v) is 7.94. The zero-order chi connectivity index (χ0) is 16.8. The van der Waals surface area contributed by atoms with Crippen molar-refractivity contribution in [3.05, 3.63) is 35.4 Å². The van der Waals surface area contributed by atoms with Crippen LogP contribution in [0.4, 0.5) is 0 Å². The van der Waals surface area contributed by atoms with Gasteiger partial charge in [0.05, 0.1) is 0 Å². The van der Waals surface area contributed by atoms with Crippen molar-refractivity contribution in [1.29, 1.82) is 0 Å². The van der Waals surface area contributed by atoms with E-state index in [0.717, 1.165) is 11.1 Å². The van der Waals surface area contributed by atoms with Gasteiger partial charge in [0.2, 0.25) is 12.6 Å². The molecule has 0 unspecified atom stereocenters. The smallest absolute Gasteiger partial charge is 0.227 e. The van der Waals surface area contributed by atoms with E-state index in [1.54, 1.807) is 24.3 Å². The average molecular weight is 330 g/mol. The number of benzene rings is 2. The monoisotopic (exact) mass is 330 g/mol. The highest BCUT2D eigenvalue weighted by Gasteiger charge is 2.40. The van der Waals surface area contributed by atoms with Gasteiger partial charge in [0, 0.05) is 35.5 Å². The van der Waals surface area contributed by atoms with Crippen molar-refractivity contribution in [3.63, 3.8) is 0 Å². The first-order valence-electron chi connectivity index (χ1n) is 7.94. The Kier molecular flexibility index (Phi) is 3.51. The third-order valence-electron chi connectivity index (χ3n) is 4.18. The number of hydrogen-bond acceptors (Lipinski definition) is 6. The Bertz CT molecular complexity index is 733. The summed E-state index contributed by atoms with van der Waals surface area (Å²) in [6.07, 6.45) is -1.35. The van der Waals surface area contributed by atoms with Crippen LogP contribution in [0.15, 0.2) is 24.3 Å². The van der Waals surface area contributed by atoms with E-state index in [0.29, 0.717) is 35.8 Å². The molecule has 0 aromatic heterocycles. The van der Waals surface area contributed by atoms with Gasteiger partial charge in [-0.1, -0.05) is 0 Å². The van der Waals surface area contributed by atoms with Crippen LogP contribution in [0.5, 0.6) is 23.0 Å². The molecule has 0 saturated carbocycles. The quantitative estimate of drug-likeness (QED) is 0.891. The molecule has 0 saturated heterocycles. The van der Waals surface area contributed by atoms with Crippen LogP contribution >= 0.6 is 0 Å². The van der Waals surface area contributed by atoms with E-state index >= 15 is 0 Å². The second-order valence-corrected chi connectivity index (χ2v) is 5.57. The molecule has 2 heterocycles. The third-order valence-corrected chi connectivity index (χ3v) is 4.18. The summed E-state index contributed by atoms with van der Waals surface area (Å²) < 4.78 is 23.1. The van der Waals surface area contributed by atoms with Crippen LogP contribution in [0.3, 0.4) is 0 Å². The lowest BCUT2D eigenvalue weighted by Crippen LogP contribution is -2.24. The van der Waals surface area contributed by atoms with Crippen molar-refractivity contribution in [2.24, 2.45) is 0 Å². The highest BCUT2D eigenvalue weighted by atomic mass is 16.7. The fourth-order valence-corrected chi connectivity index (χ4v) is 3.21. The van der Waals surface area contributed by atoms with Crippen molar-refractivity contribution in [1.82, 2.24) is 0 Å². The molecular weight excluding hydrogens is 312 g/mol. The SMILES string of the molecule is CCO[C@@H]1Oc2c(O)ccc3c2-c2c1ccc(O)c2O[C@H]3OCC. The summed E-state index contributed by atoms with van der Waals surface area (Å²) in [5, 5.41) is 20.5. The van der Waals surface area contributed by atoms with Crippen molar-refractivity contribution in [3.8, 4) is 34.1 Å². The normalized spacial score (nSPS) is 20.1. The number of ether oxygens (including phenoxy) is 4. The minimum atomic E-state index is -0.676. The van der Waals surface area contributed by atoms with Gasteiger partial charge >= 0.3 is 0 Å². The molecule has 2 aromatic carbocycles. The van der Waals surface area contributed by atoms with E-state index < -0.39 is 12.6 Å². The Morgan fingerprint density at radius 1 is 0.792 bits per heavy atom. The van der Waals surface area contributed by atoms with Crippen LogP contribution in [-0.4, -0.2) is 23.4 Å². The third kappa shape index (κ3) is 2.03. The molecule has 6 nitrogen and oxygen atoms in total. The van der Waals surface area contributed by atoms with Crippen LogP contribution in [0.1, 0.15) is 37.6 Å². The van der Waals surface area contributed by atoms with Gasteiger partial charge < -0.3 is 29.2 Å². The molecule has 2 aliphatic rings. The van der Waals surface area contributed by atoms with Crippen molar-refractivity contribution >= 4 is 0 Å². The molecule has 4 rings (SSSR count). The molecular formula is C18H18O6. The molecule has 24 heavy (non-hydrogen) atoms. The van der Waals surface area contributed by atoms with Gasteiger partial charge in [-0.25, -0.2) is 0 Å². The Labute approximate surface area is 139 Å². The maximum Gasteiger partial charge on any atom is 0.227 e.